The maximum atomic E-state index is 6.26. The third kappa shape index (κ3) is 2.54. The first-order chi connectivity index (χ1) is 9.72. The van der Waals surface area contributed by atoms with Crippen LogP contribution in [0.25, 0.3) is 0 Å². The summed E-state index contributed by atoms with van der Waals surface area (Å²) >= 11 is 6.26. The summed E-state index contributed by atoms with van der Waals surface area (Å²) in [4.78, 5) is 0. The first-order valence-corrected chi connectivity index (χ1v) is 7.40. The van der Waals surface area contributed by atoms with Gasteiger partial charge in [0.15, 0.2) is 0 Å². The van der Waals surface area contributed by atoms with E-state index in [2.05, 4.69) is 29.6 Å². The van der Waals surface area contributed by atoms with Crippen molar-refractivity contribution in [2.75, 3.05) is 11.9 Å². The summed E-state index contributed by atoms with van der Waals surface area (Å²) in [6.45, 7) is 0.604. The van der Waals surface area contributed by atoms with Gasteiger partial charge in [0, 0.05) is 6.54 Å². The van der Waals surface area contributed by atoms with Gasteiger partial charge in [-0.1, -0.05) is 48.0 Å². The zero-order chi connectivity index (χ0) is 14.0. The number of fused-ring (bicyclic) bond motifs is 1. The lowest BCUT2D eigenvalue weighted by Crippen LogP contribution is -2.49. The van der Waals surface area contributed by atoms with Crippen molar-refractivity contribution < 1.29 is 0 Å². The van der Waals surface area contributed by atoms with Crippen molar-refractivity contribution >= 4 is 17.3 Å². The molecule has 2 nitrogen and oxygen atoms in total. The molecule has 20 heavy (non-hydrogen) atoms. The second-order valence-corrected chi connectivity index (χ2v) is 5.94. The van der Waals surface area contributed by atoms with E-state index in [0.29, 0.717) is 6.54 Å². The molecular formula is C17H19ClN2. The molecule has 0 amide bonds. The predicted octanol–water partition coefficient (Wildman–Crippen LogP) is 3.64. The molecule has 1 atom stereocenters. The lowest BCUT2D eigenvalue weighted by atomic mass is 9.78. The van der Waals surface area contributed by atoms with Gasteiger partial charge in [0.05, 0.1) is 16.2 Å². The van der Waals surface area contributed by atoms with Crippen LogP contribution in [-0.2, 0) is 12.8 Å². The SMILES string of the molecule is NCC1(Nc2ccccc2Cl)CCc2ccccc2C1. The van der Waals surface area contributed by atoms with Gasteiger partial charge in [-0.3, -0.25) is 0 Å². The first-order valence-electron chi connectivity index (χ1n) is 7.02. The molecule has 0 aliphatic heterocycles. The normalized spacial score (nSPS) is 21.3. The Kier molecular flexibility index (Phi) is 3.68. The fraction of sp³-hybridized carbons (Fsp3) is 0.294. The van der Waals surface area contributed by atoms with Gasteiger partial charge in [0.1, 0.15) is 0 Å². The molecule has 0 heterocycles. The number of anilines is 1. The summed E-state index contributed by atoms with van der Waals surface area (Å²) in [5.74, 6) is 0. The summed E-state index contributed by atoms with van der Waals surface area (Å²) in [5.41, 5.74) is 9.80. The molecule has 3 N–H and O–H groups in total. The van der Waals surface area contributed by atoms with Crippen molar-refractivity contribution in [2.45, 2.75) is 24.8 Å². The summed E-state index contributed by atoms with van der Waals surface area (Å²) in [7, 11) is 0. The van der Waals surface area contributed by atoms with Gasteiger partial charge in [0.25, 0.3) is 0 Å². The lowest BCUT2D eigenvalue weighted by Gasteiger charge is -2.39. The second kappa shape index (κ2) is 5.47. The predicted molar refractivity (Wildman–Crippen MR) is 85.3 cm³/mol. The minimum atomic E-state index is -0.0979. The number of benzene rings is 2. The van der Waals surface area contributed by atoms with E-state index in [1.807, 2.05) is 24.3 Å². The highest BCUT2D eigenvalue weighted by atomic mass is 35.5. The van der Waals surface area contributed by atoms with Crippen LogP contribution < -0.4 is 11.1 Å². The van der Waals surface area contributed by atoms with Gasteiger partial charge in [-0.25, -0.2) is 0 Å². The second-order valence-electron chi connectivity index (χ2n) is 5.53. The van der Waals surface area contributed by atoms with E-state index < -0.39 is 0 Å². The molecule has 0 fully saturated rings. The Morgan fingerprint density at radius 2 is 1.75 bits per heavy atom. The summed E-state index contributed by atoms with van der Waals surface area (Å²) in [5, 5.41) is 4.35. The monoisotopic (exact) mass is 286 g/mol. The van der Waals surface area contributed by atoms with Crippen molar-refractivity contribution in [1.82, 2.24) is 0 Å². The zero-order valence-corrected chi connectivity index (χ0v) is 12.2. The molecule has 2 aromatic rings. The molecule has 0 saturated heterocycles. The van der Waals surface area contributed by atoms with Gasteiger partial charge in [0.2, 0.25) is 0 Å². The number of nitrogens with two attached hydrogens (primary N) is 1. The quantitative estimate of drug-likeness (QED) is 0.904. The van der Waals surface area contributed by atoms with E-state index in [9.17, 15) is 0 Å². The number of hydrogen-bond donors (Lipinski definition) is 2. The molecule has 0 spiro atoms. The fourth-order valence-electron chi connectivity index (χ4n) is 2.98. The van der Waals surface area contributed by atoms with Crippen LogP contribution in [0.3, 0.4) is 0 Å². The van der Waals surface area contributed by atoms with Crippen LogP contribution in [0.1, 0.15) is 17.5 Å². The molecule has 0 aromatic heterocycles. The Balaban J connectivity index is 1.89. The molecule has 3 rings (SSSR count). The average molecular weight is 287 g/mol. The standard InChI is InChI=1S/C17H19ClN2/c18-15-7-3-4-8-16(15)20-17(12-19)10-9-13-5-1-2-6-14(13)11-17/h1-8,20H,9-12,19H2. The maximum absolute atomic E-state index is 6.26. The third-order valence-corrected chi connectivity index (χ3v) is 4.51. The van der Waals surface area contributed by atoms with Crippen LogP contribution in [0.15, 0.2) is 48.5 Å². The molecule has 104 valence electrons. The van der Waals surface area contributed by atoms with Crippen molar-refractivity contribution in [1.29, 1.82) is 0 Å². The lowest BCUT2D eigenvalue weighted by molar-refractivity contribution is 0.417. The van der Waals surface area contributed by atoms with E-state index in [-0.39, 0.29) is 5.54 Å². The maximum Gasteiger partial charge on any atom is 0.0637 e. The topological polar surface area (TPSA) is 38.0 Å². The smallest absolute Gasteiger partial charge is 0.0637 e. The molecule has 3 heteroatoms. The van der Waals surface area contributed by atoms with Crippen LogP contribution in [0.5, 0.6) is 0 Å². The largest absolute Gasteiger partial charge is 0.377 e. The molecule has 1 aliphatic rings. The van der Waals surface area contributed by atoms with Crippen molar-refractivity contribution in [2.24, 2.45) is 5.73 Å². The number of rotatable bonds is 3. The number of halogens is 1. The minimum Gasteiger partial charge on any atom is -0.377 e. The Hall–Kier alpha value is -1.51. The van der Waals surface area contributed by atoms with Crippen molar-refractivity contribution in [3.8, 4) is 0 Å². The first kappa shape index (κ1) is 13.5. The van der Waals surface area contributed by atoms with Gasteiger partial charge in [-0.15, -0.1) is 0 Å². The highest BCUT2D eigenvalue weighted by Gasteiger charge is 2.33. The minimum absolute atomic E-state index is 0.0979. The number of aryl methyl sites for hydroxylation is 1. The van der Waals surface area contributed by atoms with E-state index >= 15 is 0 Å². The van der Waals surface area contributed by atoms with Crippen molar-refractivity contribution in [3.63, 3.8) is 0 Å². The molecule has 1 aliphatic carbocycles. The Bertz CT molecular complexity index is 611. The van der Waals surface area contributed by atoms with Crippen LogP contribution >= 0.6 is 11.6 Å². The van der Waals surface area contributed by atoms with Gasteiger partial charge in [-0.05, 0) is 42.5 Å². The van der Waals surface area contributed by atoms with E-state index in [0.717, 1.165) is 30.0 Å². The Morgan fingerprint density at radius 3 is 2.50 bits per heavy atom. The molecule has 0 radical (unpaired) electrons. The van der Waals surface area contributed by atoms with Crippen LogP contribution in [0, 0.1) is 0 Å². The molecule has 1 unspecified atom stereocenters. The van der Waals surface area contributed by atoms with Crippen molar-refractivity contribution in [3.05, 3.63) is 64.7 Å². The highest BCUT2D eigenvalue weighted by Crippen LogP contribution is 2.33. The zero-order valence-electron chi connectivity index (χ0n) is 11.4. The summed E-state index contributed by atoms with van der Waals surface area (Å²) in [6, 6.07) is 16.5. The molecule has 2 aromatic carbocycles. The van der Waals surface area contributed by atoms with Crippen LogP contribution in [0.2, 0.25) is 5.02 Å². The van der Waals surface area contributed by atoms with Gasteiger partial charge < -0.3 is 11.1 Å². The fourth-order valence-corrected chi connectivity index (χ4v) is 3.16. The highest BCUT2D eigenvalue weighted by molar-refractivity contribution is 6.33. The molecule has 0 bridgehead atoms. The van der Waals surface area contributed by atoms with Crippen LogP contribution in [-0.4, -0.2) is 12.1 Å². The molecule has 0 saturated carbocycles. The van der Waals surface area contributed by atoms with Crippen LogP contribution in [0.4, 0.5) is 5.69 Å². The molecular weight excluding hydrogens is 268 g/mol. The van der Waals surface area contributed by atoms with Gasteiger partial charge in [-0.2, -0.15) is 0 Å². The summed E-state index contributed by atoms with van der Waals surface area (Å²) < 4.78 is 0. The number of para-hydroxylation sites is 1. The average Bonchev–Trinajstić information content (AvgIpc) is 2.49. The van der Waals surface area contributed by atoms with Gasteiger partial charge >= 0.3 is 0 Å². The number of hydrogen-bond acceptors (Lipinski definition) is 2. The van der Waals surface area contributed by atoms with E-state index in [1.165, 1.54) is 11.1 Å². The van der Waals surface area contributed by atoms with E-state index in [4.69, 9.17) is 17.3 Å². The van der Waals surface area contributed by atoms with E-state index in [1.54, 1.807) is 0 Å². The number of nitrogens with one attached hydrogen (secondary N) is 1. The Labute approximate surface area is 125 Å². The third-order valence-electron chi connectivity index (χ3n) is 4.18. The Morgan fingerprint density at radius 1 is 1.05 bits per heavy atom. The summed E-state index contributed by atoms with van der Waals surface area (Å²) in [6.07, 6.45) is 3.04.